The number of carbonyl (C=O) groups excluding carboxylic acids is 3. The zero-order chi connectivity index (χ0) is 46.5. The minimum atomic E-state index is -0.785. The van der Waals surface area contributed by atoms with Gasteiger partial charge in [-0.25, -0.2) is 0 Å². The van der Waals surface area contributed by atoms with E-state index < -0.39 is 6.10 Å². The Bertz CT molecular complexity index is 1340. The molecule has 362 valence electrons. The molecule has 0 rings (SSSR count). The molecule has 0 aromatic carbocycles. The summed E-state index contributed by atoms with van der Waals surface area (Å²) in [4.78, 5) is 37.6. The van der Waals surface area contributed by atoms with E-state index in [9.17, 15) is 14.4 Å². The summed E-state index contributed by atoms with van der Waals surface area (Å²) in [6.07, 6.45) is 69.7. The fraction of sp³-hybridized carbons (Fsp3) is 0.638. The van der Waals surface area contributed by atoms with Crippen LogP contribution in [0.25, 0.3) is 0 Å². The highest BCUT2D eigenvalue weighted by Crippen LogP contribution is 2.13. The number of hydrogen-bond acceptors (Lipinski definition) is 6. The van der Waals surface area contributed by atoms with Crippen LogP contribution in [0, 0.1) is 0 Å². The Hall–Kier alpha value is -3.93. The smallest absolute Gasteiger partial charge is 0.306 e. The molecule has 0 amide bonds. The van der Waals surface area contributed by atoms with E-state index in [-0.39, 0.29) is 31.1 Å². The summed E-state index contributed by atoms with van der Waals surface area (Å²) < 4.78 is 16.6. The van der Waals surface area contributed by atoms with Crippen LogP contribution < -0.4 is 0 Å². The zero-order valence-corrected chi connectivity index (χ0v) is 41.3. The maximum absolute atomic E-state index is 12.6. The molecule has 1 unspecified atom stereocenters. The Labute approximate surface area is 393 Å². The molecule has 1 atom stereocenters. The summed E-state index contributed by atoms with van der Waals surface area (Å²) in [5.74, 6) is -0.943. The van der Waals surface area contributed by atoms with Gasteiger partial charge in [-0.05, 0) is 89.9 Å². The van der Waals surface area contributed by atoms with E-state index >= 15 is 0 Å². The quantitative estimate of drug-likeness (QED) is 0.0262. The van der Waals surface area contributed by atoms with Crippen molar-refractivity contribution in [3.63, 3.8) is 0 Å². The molecule has 0 radical (unpaired) electrons. The van der Waals surface area contributed by atoms with Gasteiger partial charge in [-0.1, -0.05) is 220 Å². The number of rotatable bonds is 45. The topological polar surface area (TPSA) is 78.9 Å². The van der Waals surface area contributed by atoms with Gasteiger partial charge in [0.1, 0.15) is 13.2 Å². The number of carbonyl (C=O) groups is 3. The van der Waals surface area contributed by atoms with Crippen LogP contribution in [0.5, 0.6) is 0 Å². The molecule has 0 heterocycles. The number of unbranched alkanes of at least 4 members (excludes halogenated alkanes) is 16. The molecule has 6 nitrogen and oxygen atoms in total. The molecule has 0 aromatic heterocycles. The van der Waals surface area contributed by atoms with E-state index in [1.54, 1.807) is 0 Å². The first-order valence-corrected chi connectivity index (χ1v) is 25.9. The van der Waals surface area contributed by atoms with E-state index in [4.69, 9.17) is 14.2 Å². The van der Waals surface area contributed by atoms with Crippen molar-refractivity contribution in [1.82, 2.24) is 0 Å². The Morgan fingerprint density at radius 2 is 0.609 bits per heavy atom. The first-order valence-electron chi connectivity index (χ1n) is 25.9. The maximum Gasteiger partial charge on any atom is 0.306 e. The number of hydrogen-bond donors (Lipinski definition) is 0. The van der Waals surface area contributed by atoms with Gasteiger partial charge in [0.2, 0.25) is 0 Å². The van der Waals surface area contributed by atoms with Crippen molar-refractivity contribution < 1.29 is 28.6 Å². The Morgan fingerprint density at radius 1 is 0.328 bits per heavy atom. The third-order valence-electron chi connectivity index (χ3n) is 10.5. The van der Waals surface area contributed by atoms with E-state index in [1.165, 1.54) is 57.8 Å². The maximum atomic E-state index is 12.6. The second-order valence-electron chi connectivity index (χ2n) is 16.7. The molecule has 0 spiro atoms. The largest absolute Gasteiger partial charge is 0.462 e. The molecule has 0 aliphatic heterocycles. The lowest BCUT2D eigenvalue weighted by atomic mass is 10.1. The number of allylic oxidation sites excluding steroid dienone is 18. The van der Waals surface area contributed by atoms with Crippen LogP contribution in [0.2, 0.25) is 0 Å². The Balaban J connectivity index is 4.16. The number of ether oxygens (including phenoxy) is 3. The molecule has 0 fully saturated rings. The van der Waals surface area contributed by atoms with Crippen molar-refractivity contribution in [2.45, 2.75) is 226 Å². The molecular formula is C58H94O6. The monoisotopic (exact) mass is 887 g/mol. The lowest BCUT2D eigenvalue weighted by Crippen LogP contribution is -2.30. The normalized spacial score (nSPS) is 13.0. The molecule has 0 saturated heterocycles. The Morgan fingerprint density at radius 3 is 0.953 bits per heavy atom. The minimum Gasteiger partial charge on any atom is -0.462 e. The van der Waals surface area contributed by atoms with E-state index in [0.29, 0.717) is 19.3 Å². The van der Waals surface area contributed by atoms with Crippen molar-refractivity contribution in [3.05, 3.63) is 109 Å². The second kappa shape index (κ2) is 51.7. The highest BCUT2D eigenvalue weighted by Gasteiger charge is 2.19. The molecule has 0 N–H and O–H groups in total. The summed E-state index contributed by atoms with van der Waals surface area (Å²) in [7, 11) is 0. The second-order valence-corrected chi connectivity index (χ2v) is 16.7. The van der Waals surface area contributed by atoms with Gasteiger partial charge >= 0.3 is 17.9 Å². The lowest BCUT2D eigenvalue weighted by molar-refractivity contribution is -0.167. The predicted octanol–water partition coefficient (Wildman–Crippen LogP) is 17.1. The molecule has 64 heavy (non-hydrogen) atoms. The summed E-state index contributed by atoms with van der Waals surface area (Å²) in [5, 5.41) is 0. The van der Waals surface area contributed by atoms with Gasteiger partial charge in [-0.15, -0.1) is 0 Å². The minimum absolute atomic E-state index is 0.0886. The van der Waals surface area contributed by atoms with Crippen LogP contribution in [0.3, 0.4) is 0 Å². The standard InChI is InChI=1S/C58H94O6/c1-4-7-10-13-16-18-19-20-21-22-23-24-25-26-27-28-29-30-31-32-33-34-35-36-37-38-39-41-42-45-48-51-57(60)63-54-55(53-62-56(59)50-47-44-15-12-9-6-3)64-58(61)52-49-46-43-40-17-14-11-8-5-2/h7,10,16,18,20-21,23-24,26-27,29-30,32-33,35-36,38-39,55H,4-6,8-9,11-15,17,19,22,25,28,31,34,37,40-54H2,1-3H3/b10-7-,18-16-,21-20-,24-23-,27-26-,30-29-,33-32-,36-35-,39-38-. The van der Waals surface area contributed by atoms with Crippen LogP contribution >= 0.6 is 0 Å². The van der Waals surface area contributed by atoms with Gasteiger partial charge < -0.3 is 14.2 Å². The highest BCUT2D eigenvalue weighted by molar-refractivity contribution is 5.71. The predicted molar refractivity (Wildman–Crippen MR) is 274 cm³/mol. The average Bonchev–Trinajstić information content (AvgIpc) is 3.29. The molecule has 6 heteroatoms. The molecule has 0 aliphatic carbocycles. The summed E-state index contributed by atoms with van der Waals surface area (Å²) in [6, 6.07) is 0. The van der Waals surface area contributed by atoms with Crippen LogP contribution in [-0.4, -0.2) is 37.2 Å². The van der Waals surface area contributed by atoms with Crippen molar-refractivity contribution in [3.8, 4) is 0 Å². The van der Waals surface area contributed by atoms with E-state index in [1.807, 2.05) is 0 Å². The fourth-order valence-electron chi connectivity index (χ4n) is 6.67. The zero-order valence-electron chi connectivity index (χ0n) is 41.3. The van der Waals surface area contributed by atoms with E-state index in [0.717, 1.165) is 122 Å². The van der Waals surface area contributed by atoms with Gasteiger partial charge in [0.05, 0.1) is 0 Å². The SMILES string of the molecule is CC/C=C\C/C=C\C/C=C\C/C=C\C/C=C\C/C=C\C/C=C\C/C=C\C/C=C\CCCCCC(=O)OCC(COC(=O)CCCCCCCC)OC(=O)CCCCCCCCCCC. The van der Waals surface area contributed by atoms with Gasteiger partial charge in [-0.3, -0.25) is 14.4 Å². The summed E-state index contributed by atoms with van der Waals surface area (Å²) >= 11 is 0. The fourth-order valence-corrected chi connectivity index (χ4v) is 6.67. The first kappa shape index (κ1) is 60.1. The van der Waals surface area contributed by atoms with Crippen LogP contribution in [-0.2, 0) is 28.6 Å². The molecule has 0 aromatic rings. The van der Waals surface area contributed by atoms with Gasteiger partial charge in [0, 0.05) is 19.3 Å². The van der Waals surface area contributed by atoms with Crippen LogP contribution in [0.1, 0.15) is 220 Å². The molecular weight excluding hydrogens is 793 g/mol. The lowest BCUT2D eigenvalue weighted by Gasteiger charge is -2.18. The van der Waals surface area contributed by atoms with Gasteiger partial charge in [0.25, 0.3) is 0 Å². The Kier molecular flexibility index (Phi) is 48.5. The van der Waals surface area contributed by atoms with Crippen molar-refractivity contribution in [1.29, 1.82) is 0 Å². The summed E-state index contributed by atoms with van der Waals surface area (Å²) in [5.41, 5.74) is 0. The number of esters is 3. The van der Waals surface area contributed by atoms with Crippen LogP contribution in [0.15, 0.2) is 109 Å². The average molecular weight is 887 g/mol. The van der Waals surface area contributed by atoms with Gasteiger partial charge in [0.15, 0.2) is 6.10 Å². The first-order chi connectivity index (χ1) is 31.5. The molecule has 0 saturated carbocycles. The van der Waals surface area contributed by atoms with Crippen LogP contribution in [0.4, 0.5) is 0 Å². The van der Waals surface area contributed by atoms with E-state index in [2.05, 4.69) is 130 Å². The third kappa shape index (κ3) is 49.1. The van der Waals surface area contributed by atoms with Crippen molar-refractivity contribution in [2.24, 2.45) is 0 Å². The highest BCUT2D eigenvalue weighted by atomic mass is 16.6. The summed E-state index contributed by atoms with van der Waals surface area (Å²) in [6.45, 7) is 6.39. The van der Waals surface area contributed by atoms with Crippen molar-refractivity contribution >= 4 is 17.9 Å². The third-order valence-corrected chi connectivity index (χ3v) is 10.5. The molecule has 0 bridgehead atoms. The molecule has 0 aliphatic rings. The van der Waals surface area contributed by atoms with Crippen molar-refractivity contribution in [2.75, 3.05) is 13.2 Å². The van der Waals surface area contributed by atoms with Gasteiger partial charge in [-0.2, -0.15) is 0 Å².